The summed E-state index contributed by atoms with van der Waals surface area (Å²) in [6, 6.07) is 8.14. The van der Waals surface area contributed by atoms with Crippen molar-refractivity contribution >= 4 is 34.2 Å². The Morgan fingerprint density at radius 3 is 2.88 bits per heavy atom. The van der Waals surface area contributed by atoms with Gasteiger partial charge in [-0.25, -0.2) is 0 Å². The molecule has 3 nitrogen and oxygen atoms in total. The largest absolute Gasteiger partial charge is 0.325 e. The van der Waals surface area contributed by atoms with Gasteiger partial charge in [-0.1, -0.05) is 13.0 Å². The summed E-state index contributed by atoms with van der Waals surface area (Å²) in [5, 5.41) is 6.01. The summed E-state index contributed by atoms with van der Waals surface area (Å²) in [5.74, 6) is 0.00213. The van der Waals surface area contributed by atoms with Crippen LogP contribution in [0.15, 0.2) is 24.3 Å². The van der Waals surface area contributed by atoms with Crippen LogP contribution < -0.4 is 10.6 Å². The average Bonchev–Trinajstić information content (AvgIpc) is 2.26. The van der Waals surface area contributed by atoms with Crippen molar-refractivity contribution in [1.82, 2.24) is 5.32 Å². The van der Waals surface area contributed by atoms with Gasteiger partial charge in [0.05, 0.1) is 6.54 Å². The monoisotopic (exact) mass is 332 g/mol. The minimum absolute atomic E-state index is 0.00213. The van der Waals surface area contributed by atoms with Crippen LogP contribution in [0.5, 0.6) is 0 Å². The Morgan fingerprint density at radius 1 is 1.50 bits per heavy atom. The van der Waals surface area contributed by atoms with E-state index >= 15 is 0 Å². The Hall–Kier alpha value is -0.620. The van der Waals surface area contributed by atoms with E-state index in [1.54, 1.807) is 0 Å². The molecule has 0 fully saturated rings. The molecule has 0 saturated heterocycles. The average molecular weight is 332 g/mol. The molecule has 2 N–H and O–H groups in total. The summed E-state index contributed by atoms with van der Waals surface area (Å²) < 4.78 is 1.12. The molecule has 1 aromatic carbocycles. The van der Waals surface area contributed by atoms with Crippen molar-refractivity contribution in [2.75, 3.05) is 11.9 Å². The fourth-order valence-electron chi connectivity index (χ4n) is 1.18. The Kier molecular flexibility index (Phi) is 5.76. The molecule has 4 heteroatoms. The lowest BCUT2D eigenvalue weighted by Gasteiger charge is -2.11. The van der Waals surface area contributed by atoms with Crippen LogP contribution >= 0.6 is 22.6 Å². The highest BCUT2D eigenvalue weighted by molar-refractivity contribution is 14.1. The third kappa shape index (κ3) is 4.94. The maximum absolute atomic E-state index is 11.6. The number of hydrogen-bond donors (Lipinski definition) is 2. The smallest absolute Gasteiger partial charge is 0.238 e. The van der Waals surface area contributed by atoms with Gasteiger partial charge in [0.2, 0.25) is 5.91 Å². The van der Waals surface area contributed by atoms with Crippen LogP contribution in [-0.2, 0) is 4.79 Å². The number of carbonyl (C=O) groups is 1. The van der Waals surface area contributed by atoms with E-state index in [-0.39, 0.29) is 5.91 Å². The Morgan fingerprint density at radius 2 is 2.25 bits per heavy atom. The molecule has 0 radical (unpaired) electrons. The van der Waals surface area contributed by atoms with Crippen molar-refractivity contribution in [3.05, 3.63) is 27.8 Å². The molecule has 1 unspecified atom stereocenters. The van der Waals surface area contributed by atoms with Crippen molar-refractivity contribution in [1.29, 1.82) is 0 Å². The first-order valence-electron chi connectivity index (χ1n) is 5.40. The second kappa shape index (κ2) is 6.85. The second-order valence-electron chi connectivity index (χ2n) is 3.75. The van der Waals surface area contributed by atoms with Gasteiger partial charge in [-0.15, -0.1) is 0 Å². The van der Waals surface area contributed by atoms with Gasteiger partial charge in [0.1, 0.15) is 0 Å². The molecule has 1 amide bonds. The number of halogens is 1. The van der Waals surface area contributed by atoms with E-state index in [1.165, 1.54) is 0 Å². The van der Waals surface area contributed by atoms with E-state index in [0.29, 0.717) is 12.6 Å². The third-order valence-corrected chi connectivity index (χ3v) is 3.00. The molecule has 0 aliphatic carbocycles. The van der Waals surface area contributed by atoms with E-state index < -0.39 is 0 Å². The van der Waals surface area contributed by atoms with Crippen LogP contribution in [0, 0.1) is 3.57 Å². The van der Waals surface area contributed by atoms with Gasteiger partial charge in [-0.05, 0) is 54.1 Å². The molecule has 1 atom stereocenters. The van der Waals surface area contributed by atoms with Gasteiger partial charge in [-0.2, -0.15) is 0 Å². The van der Waals surface area contributed by atoms with E-state index in [1.807, 2.05) is 24.3 Å². The number of benzene rings is 1. The molecular formula is C12H17IN2O. The molecule has 0 heterocycles. The molecule has 16 heavy (non-hydrogen) atoms. The zero-order valence-electron chi connectivity index (χ0n) is 9.59. The van der Waals surface area contributed by atoms with Crippen molar-refractivity contribution in [3.8, 4) is 0 Å². The van der Waals surface area contributed by atoms with Crippen molar-refractivity contribution in [2.45, 2.75) is 26.3 Å². The lowest BCUT2D eigenvalue weighted by Crippen LogP contribution is -2.33. The minimum Gasteiger partial charge on any atom is -0.325 e. The standard InChI is InChI=1S/C12H17IN2O/c1-3-9(2)14-8-12(16)15-11-6-4-5-10(13)7-11/h4-7,9,14H,3,8H2,1-2H3,(H,15,16). The van der Waals surface area contributed by atoms with Gasteiger partial charge >= 0.3 is 0 Å². The van der Waals surface area contributed by atoms with Gasteiger partial charge in [0.15, 0.2) is 0 Å². The maximum atomic E-state index is 11.6. The summed E-state index contributed by atoms with van der Waals surface area (Å²) in [4.78, 5) is 11.6. The van der Waals surface area contributed by atoms with Crippen molar-refractivity contribution in [3.63, 3.8) is 0 Å². The topological polar surface area (TPSA) is 41.1 Å². The van der Waals surface area contributed by atoms with Gasteiger partial charge in [0, 0.05) is 15.3 Å². The molecule has 88 valence electrons. The van der Waals surface area contributed by atoms with Gasteiger partial charge in [-0.3, -0.25) is 4.79 Å². The molecule has 1 rings (SSSR count). The first-order chi connectivity index (χ1) is 7.61. The van der Waals surface area contributed by atoms with Crippen molar-refractivity contribution in [2.24, 2.45) is 0 Å². The van der Waals surface area contributed by atoms with Crippen LogP contribution in [0.2, 0.25) is 0 Å². The number of hydrogen-bond acceptors (Lipinski definition) is 2. The van der Waals surface area contributed by atoms with E-state index in [2.05, 4.69) is 47.1 Å². The fourth-order valence-corrected chi connectivity index (χ4v) is 1.73. The summed E-state index contributed by atoms with van der Waals surface area (Å²) in [6.45, 7) is 4.52. The summed E-state index contributed by atoms with van der Waals surface area (Å²) in [7, 11) is 0. The number of rotatable bonds is 5. The molecule has 0 spiro atoms. The number of anilines is 1. The van der Waals surface area contributed by atoms with E-state index in [9.17, 15) is 4.79 Å². The first kappa shape index (κ1) is 13.4. The lowest BCUT2D eigenvalue weighted by atomic mass is 10.2. The zero-order valence-corrected chi connectivity index (χ0v) is 11.7. The summed E-state index contributed by atoms with van der Waals surface area (Å²) in [5.41, 5.74) is 0.850. The number of carbonyl (C=O) groups excluding carboxylic acids is 1. The van der Waals surface area contributed by atoms with Gasteiger partial charge in [0.25, 0.3) is 0 Å². The molecular weight excluding hydrogens is 315 g/mol. The number of nitrogens with one attached hydrogen (secondary N) is 2. The minimum atomic E-state index is 0.00213. The SMILES string of the molecule is CCC(C)NCC(=O)Nc1cccc(I)c1. The highest BCUT2D eigenvalue weighted by Crippen LogP contribution is 2.11. The van der Waals surface area contributed by atoms with E-state index in [4.69, 9.17) is 0 Å². The van der Waals surface area contributed by atoms with Crippen LogP contribution in [-0.4, -0.2) is 18.5 Å². The Labute approximate surface area is 110 Å². The summed E-state index contributed by atoms with van der Waals surface area (Å²) in [6.07, 6.45) is 1.02. The molecule has 0 bridgehead atoms. The molecule has 1 aromatic rings. The normalized spacial score (nSPS) is 12.2. The molecule has 0 aromatic heterocycles. The summed E-state index contributed by atoms with van der Waals surface area (Å²) >= 11 is 2.22. The Balaban J connectivity index is 2.40. The van der Waals surface area contributed by atoms with Crippen molar-refractivity contribution < 1.29 is 4.79 Å². The van der Waals surface area contributed by atoms with Crippen LogP contribution in [0.4, 0.5) is 5.69 Å². The lowest BCUT2D eigenvalue weighted by molar-refractivity contribution is -0.115. The highest BCUT2D eigenvalue weighted by atomic mass is 127. The van der Waals surface area contributed by atoms with Gasteiger partial charge < -0.3 is 10.6 Å². The zero-order chi connectivity index (χ0) is 12.0. The predicted octanol–water partition coefficient (Wildman–Crippen LogP) is 2.62. The maximum Gasteiger partial charge on any atom is 0.238 e. The molecule has 0 aliphatic heterocycles. The first-order valence-corrected chi connectivity index (χ1v) is 6.48. The van der Waals surface area contributed by atoms with Crippen LogP contribution in [0.1, 0.15) is 20.3 Å². The third-order valence-electron chi connectivity index (χ3n) is 2.33. The van der Waals surface area contributed by atoms with Crippen LogP contribution in [0.25, 0.3) is 0 Å². The number of amides is 1. The highest BCUT2D eigenvalue weighted by Gasteiger charge is 2.04. The second-order valence-corrected chi connectivity index (χ2v) is 4.99. The quantitative estimate of drug-likeness (QED) is 0.814. The van der Waals surface area contributed by atoms with E-state index in [0.717, 1.165) is 15.7 Å². The van der Waals surface area contributed by atoms with Crippen LogP contribution in [0.3, 0.4) is 0 Å². The molecule has 0 saturated carbocycles. The Bertz CT molecular complexity index is 355. The molecule has 0 aliphatic rings. The fraction of sp³-hybridized carbons (Fsp3) is 0.417. The predicted molar refractivity (Wildman–Crippen MR) is 75.5 cm³/mol.